The van der Waals surface area contributed by atoms with E-state index in [1.807, 2.05) is 0 Å². The molecule has 0 heterocycles. The highest BCUT2D eigenvalue weighted by molar-refractivity contribution is 7.81. The first kappa shape index (κ1) is 52.0. The Morgan fingerprint density at radius 2 is 0.643 bits per heavy atom. The van der Waals surface area contributed by atoms with Crippen LogP contribution in [-0.4, -0.2) is 22.5 Å². The predicted octanol–water partition coefficient (Wildman–Crippen LogP) is 18.1. The van der Waals surface area contributed by atoms with Gasteiger partial charge in [-0.25, -0.2) is 0 Å². The summed E-state index contributed by atoms with van der Waals surface area (Å²) in [4.78, 5) is 0. The van der Waals surface area contributed by atoms with Crippen LogP contribution in [0.3, 0.4) is 0 Å². The summed E-state index contributed by atoms with van der Waals surface area (Å²) < 4.78 is 0. The quantitative estimate of drug-likeness (QED) is 0.0372. The second-order valence-corrected chi connectivity index (χ2v) is 19.3. The van der Waals surface area contributed by atoms with Crippen LogP contribution in [0.2, 0.25) is 0 Å². The zero-order valence-electron chi connectivity index (χ0n) is 36.4. The first-order valence-corrected chi connectivity index (χ1v) is 26.7. The summed E-state index contributed by atoms with van der Waals surface area (Å²) >= 11 is 18.9. The lowest BCUT2D eigenvalue weighted by Crippen LogP contribution is -2.43. The molecule has 2 aromatic carbocycles. The van der Waals surface area contributed by atoms with Crippen molar-refractivity contribution in [1.29, 1.82) is 0 Å². The van der Waals surface area contributed by atoms with Gasteiger partial charge in [-0.15, -0.1) is 0 Å². The van der Waals surface area contributed by atoms with Gasteiger partial charge < -0.3 is 0 Å². The van der Waals surface area contributed by atoms with Gasteiger partial charge in [-0.1, -0.05) is 240 Å². The fourth-order valence-electron chi connectivity index (χ4n) is 9.38. The van der Waals surface area contributed by atoms with E-state index in [2.05, 4.69) is 98.6 Å². The third-order valence-electron chi connectivity index (χ3n) is 12.8. The molecule has 2 aromatic rings. The number of hydrogen-bond acceptors (Lipinski definition) is 4. The molecule has 0 aromatic heterocycles. The van der Waals surface area contributed by atoms with Crippen molar-refractivity contribution in [2.45, 2.75) is 235 Å². The van der Waals surface area contributed by atoms with Crippen molar-refractivity contribution in [2.24, 2.45) is 0 Å². The van der Waals surface area contributed by atoms with Gasteiger partial charge in [-0.3, -0.25) is 0 Å². The lowest BCUT2D eigenvalue weighted by molar-refractivity contribution is 0.267. The fourth-order valence-corrected chi connectivity index (χ4v) is 10.7. The maximum Gasteiger partial charge on any atom is 0.0138 e. The molecule has 3 unspecified atom stereocenters. The van der Waals surface area contributed by atoms with E-state index in [1.165, 1.54) is 218 Å². The van der Waals surface area contributed by atoms with Crippen LogP contribution in [0.25, 0.3) is 0 Å². The molecule has 0 spiro atoms. The minimum Gasteiger partial charge on any atom is -0.179 e. The second kappa shape index (κ2) is 37.8. The molecular formula is C52H90S4. The number of benzene rings is 2. The first-order chi connectivity index (χ1) is 27.7. The van der Waals surface area contributed by atoms with Gasteiger partial charge in [0.2, 0.25) is 0 Å². The van der Waals surface area contributed by atoms with Gasteiger partial charge in [-0.05, 0) is 72.8 Å². The Morgan fingerprint density at radius 1 is 0.339 bits per heavy atom. The van der Waals surface area contributed by atoms with Crippen molar-refractivity contribution >= 4 is 50.5 Å². The maximum absolute atomic E-state index is 5.72. The molecule has 0 nitrogen and oxygen atoms in total. The Hall–Kier alpha value is -0.160. The average Bonchev–Trinajstić information content (AvgIpc) is 3.23. The first-order valence-electron chi connectivity index (χ1n) is 24.3. The van der Waals surface area contributed by atoms with Gasteiger partial charge in [0.25, 0.3) is 0 Å². The van der Waals surface area contributed by atoms with Crippen molar-refractivity contribution < 1.29 is 0 Å². The Balaban J connectivity index is 2.05. The van der Waals surface area contributed by atoms with Crippen LogP contribution in [0.15, 0.2) is 60.7 Å². The van der Waals surface area contributed by atoms with Gasteiger partial charge in [0.05, 0.1) is 0 Å². The topological polar surface area (TPSA) is 0 Å². The molecule has 2 rings (SSSR count). The van der Waals surface area contributed by atoms with Crippen LogP contribution < -0.4 is 0 Å². The minimum atomic E-state index is 0.0393. The Kier molecular flexibility index (Phi) is 35.1. The van der Waals surface area contributed by atoms with Crippen molar-refractivity contribution in [1.82, 2.24) is 0 Å². The molecule has 322 valence electrons. The largest absolute Gasteiger partial charge is 0.179 e. The highest BCUT2D eigenvalue weighted by Gasteiger charge is 2.45. The molecule has 0 bridgehead atoms. The SMILES string of the molecule is SCCCCCCCCCCCCCCCCCC(c1ccccc1)C(CCCCCCCCCCS)(c1ccccc1)C(S)CCCCCCCCCCS. The van der Waals surface area contributed by atoms with E-state index in [1.54, 1.807) is 11.1 Å². The van der Waals surface area contributed by atoms with Crippen LogP contribution in [0.5, 0.6) is 0 Å². The van der Waals surface area contributed by atoms with E-state index in [4.69, 9.17) is 12.6 Å². The van der Waals surface area contributed by atoms with E-state index in [0.29, 0.717) is 11.2 Å². The molecular weight excluding hydrogens is 753 g/mol. The van der Waals surface area contributed by atoms with Gasteiger partial charge >= 0.3 is 0 Å². The number of thiol groups is 4. The summed E-state index contributed by atoms with van der Waals surface area (Å²) in [7, 11) is 0. The number of rotatable bonds is 41. The van der Waals surface area contributed by atoms with Gasteiger partial charge in [-0.2, -0.15) is 50.5 Å². The molecule has 0 amide bonds. The molecule has 0 fully saturated rings. The number of unbranched alkanes of at least 4 members (excludes halogenated alkanes) is 28. The highest BCUT2D eigenvalue weighted by Crippen LogP contribution is 2.51. The van der Waals surface area contributed by atoms with Gasteiger partial charge in [0.1, 0.15) is 0 Å². The molecule has 0 N–H and O–H groups in total. The molecule has 0 aliphatic carbocycles. The molecule has 0 aliphatic heterocycles. The van der Waals surface area contributed by atoms with Crippen molar-refractivity contribution in [2.75, 3.05) is 17.3 Å². The van der Waals surface area contributed by atoms with E-state index in [9.17, 15) is 0 Å². The lowest BCUT2D eigenvalue weighted by Gasteiger charge is -2.47. The van der Waals surface area contributed by atoms with Crippen LogP contribution >= 0.6 is 50.5 Å². The standard InChI is InChI=1S/C52H90S4/c53-45-35-23-17-11-7-5-3-1-2-4-6-8-14-20-32-42-50(48-38-28-26-29-39-48)52(49-40-30-27-31-41-49,44-34-22-16-10-13-19-25-37-47-55)51(56)43-33-21-15-9-12-18-24-36-46-54/h26-31,38-41,50-51,53-56H,1-25,32-37,42-47H2. The van der Waals surface area contributed by atoms with Crippen LogP contribution in [0.1, 0.15) is 235 Å². The summed E-state index contributed by atoms with van der Waals surface area (Å²) in [5.74, 6) is 3.61. The third-order valence-corrected chi connectivity index (χ3v) is 14.4. The summed E-state index contributed by atoms with van der Waals surface area (Å²) in [6.45, 7) is 0. The number of hydrogen-bond donors (Lipinski definition) is 4. The fraction of sp³-hybridized carbons (Fsp3) is 0.769. The van der Waals surface area contributed by atoms with Crippen LogP contribution in [0, 0.1) is 0 Å². The van der Waals surface area contributed by atoms with Gasteiger partial charge in [0, 0.05) is 10.7 Å². The highest BCUT2D eigenvalue weighted by atomic mass is 32.1. The van der Waals surface area contributed by atoms with Crippen molar-refractivity contribution in [3.63, 3.8) is 0 Å². The summed E-state index contributed by atoms with van der Waals surface area (Å²) in [6, 6.07) is 23.5. The molecule has 4 heteroatoms. The normalized spacial score (nSPS) is 13.9. The smallest absolute Gasteiger partial charge is 0.0138 e. The molecule has 56 heavy (non-hydrogen) atoms. The molecule has 3 atom stereocenters. The Bertz CT molecular complexity index is 1080. The van der Waals surface area contributed by atoms with Gasteiger partial charge in [0.15, 0.2) is 0 Å². The second-order valence-electron chi connectivity index (χ2n) is 17.3. The Morgan fingerprint density at radius 3 is 1.02 bits per heavy atom. The molecule has 0 radical (unpaired) electrons. The lowest BCUT2D eigenvalue weighted by atomic mass is 9.60. The molecule has 0 saturated heterocycles. The Labute approximate surface area is 372 Å². The zero-order valence-corrected chi connectivity index (χ0v) is 40.0. The third kappa shape index (κ3) is 24.2. The van der Waals surface area contributed by atoms with E-state index in [-0.39, 0.29) is 5.41 Å². The summed E-state index contributed by atoms with van der Waals surface area (Å²) in [5.41, 5.74) is 3.12. The van der Waals surface area contributed by atoms with Crippen molar-refractivity contribution in [3.8, 4) is 0 Å². The maximum atomic E-state index is 5.72. The average molecular weight is 844 g/mol. The summed E-state index contributed by atoms with van der Waals surface area (Å²) in [6.07, 6.45) is 46.2. The predicted molar refractivity (Wildman–Crippen MR) is 269 cm³/mol. The molecule has 0 saturated carbocycles. The summed E-state index contributed by atoms with van der Waals surface area (Å²) in [5, 5.41) is 0.352. The van der Waals surface area contributed by atoms with E-state index >= 15 is 0 Å². The minimum absolute atomic E-state index is 0.0393. The van der Waals surface area contributed by atoms with Crippen LogP contribution in [0.4, 0.5) is 0 Å². The molecule has 0 aliphatic rings. The van der Waals surface area contributed by atoms with E-state index in [0.717, 1.165) is 17.3 Å². The van der Waals surface area contributed by atoms with E-state index < -0.39 is 0 Å². The monoisotopic (exact) mass is 843 g/mol. The van der Waals surface area contributed by atoms with Crippen molar-refractivity contribution in [3.05, 3.63) is 71.8 Å². The zero-order chi connectivity index (χ0) is 40.0. The van der Waals surface area contributed by atoms with Crippen LogP contribution in [-0.2, 0) is 5.41 Å².